The predicted octanol–water partition coefficient (Wildman–Crippen LogP) is 4.98. The Hall–Kier alpha value is -3.92. The van der Waals surface area contributed by atoms with E-state index in [4.69, 9.17) is 21.1 Å². The van der Waals surface area contributed by atoms with Crippen molar-refractivity contribution in [2.24, 2.45) is 0 Å². The van der Waals surface area contributed by atoms with Crippen LogP contribution in [0.1, 0.15) is 34.5 Å². The maximum absolute atomic E-state index is 14.6. The molecule has 0 saturated heterocycles. The molecule has 5 rings (SSSR count). The van der Waals surface area contributed by atoms with E-state index < -0.39 is 34.2 Å². The first-order valence-corrected chi connectivity index (χ1v) is 13.8. The monoisotopic (exact) mass is 564 g/mol. The van der Waals surface area contributed by atoms with Gasteiger partial charge in [-0.1, -0.05) is 71.8 Å². The van der Waals surface area contributed by atoms with Gasteiger partial charge in [0, 0.05) is 11.2 Å². The quantitative estimate of drug-likeness (QED) is 0.403. The number of fused-ring (bicyclic) bond motifs is 3. The molecule has 200 valence electrons. The molecule has 0 aliphatic carbocycles. The second-order valence-electron chi connectivity index (χ2n) is 9.04. The van der Waals surface area contributed by atoms with E-state index in [1.54, 1.807) is 60.8 Å². The molecule has 8 nitrogen and oxygen atoms in total. The van der Waals surface area contributed by atoms with Gasteiger partial charge in [-0.3, -0.25) is 0 Å². The van der Waals surface area contributed by atoms with Gasteiger partial charge in [0.15, 0.2) is 0 Å². The predicted molar refractivity (Wildman–Crippen MR) is 146 cm³/mol. The van der Waals surface area contributed by atoms with Gasteiger partial charge in [-0.15, -0.1) is 0 Å². The molecule has 39 heavy (non-hydrogen) atoms. The number of rotatable bonds is 5. The average molecular weight is 565 g/mol. The fourth-order valence-corrected chi connectivity index (χ4v) is 6.94. The van der Waals surface area contributed by atoms with E-state index in [9.17, 15) is 18.0 Å². The molecule has 2 atom stereocenters. The van der Waals surface area contributed by atoms with Crippen LogP contribution < -0.4 is 0 Å². The second-order valence-corrected chi connectivity index (χ2v) is 11.3. The number of sulfonamides is 1. The van der Waals surface area contributed by atoms with Crippen LogP contribution in [0, 0.1) is 6.92 Å². The second kappa shape index (κ2) is 10.3. The Bertz CT molecular complexity index is 1630. The highest BCUT2D eigenvalue weighted by Crippen LogP contribution is 2.51. The van der Waals surface area contributed by atoms with E-state index in [0.717, 1.165) is 11.1 Å². The standard InChI is InChI=1S/C29H25ClN2O6S/c1-18-12-14-20(15-13-18)39(35,36)32-25(22-10-6-7-11-23(22)30)24(28(33)37-2)26(29(34)38-3)31-17-16-19-8-4-5-9-21(19)27(31)32/h4-17,25,27H,1-3H3/t25-,27-/m0/s1. The molecule has 0 aromatic heterocycles. The zero-order chi connectivity index (χ0) is 27.9. The van der Waals surface area contributed by atoms with Gasteiger partial charge in [-0.2, -0.15) is 4.31 Å². The Balaban J connectivity index is 1.93. The third-order valence-electron chi connectivity index (χ3n) is 6.81. The van der Waals surface area contributed by atoms with Crippen molar-refractivity contribution in [2.75, 3.05) is 14.2 Å². The smallest absolute Gasteiger partial charge is 0.355 e. The van der Waals surface area contributed by atoms with E-state index in [2.05, 4.69) is 0 Å². The Morgan fingerprint density at radius 1 is 0.846 bits per heavy atom. The molecule has 0 radical (unpaired) electrons. The highest BCUT2D eigenvalue weighted by molar-refractivity contribution is 7.89. The van der Waals surface area contributed by atoms with Gasteiger partial charge in [0.2, 0.25) is 10.0 Å². The van der Waals surface area contributed by atoms with Crippen molar-refractivity contribution in [3.63, 3.8) is 0 Å². The first-order chi connectivity index (χ1) is 18.7. The van der Waals surface area contributed by atoms with Crippen LogP contribution in [-0.4, -0.2) is 43.8 Å². The van der Waals surface area contributed by atoms with Gasteiger partial charge in [-0.25, -0.2) is 18.0 Å². The van der Waals surface area contributed by atoms with E-state index in [0.29, 0.717) is 11.1 Å². The molecule has 3 aromatic rings. The summed E-state index contributed by atoms with van der Waals surface area (Å²) in [7, 11) is -1.97. The van der Waals surface area contributed by atoms with Crippen LogP contribution in [0.4, 0.5) is 0 Å². The third kappa shape index (κ3) is 4.42. The molecule has 0 bridgehead atoms. The molecule has 2 aliphatic rings. The van der Waals surface area contributed by atoms with Gasteiger partial charge >= 0.3 is 11.9 Å². The molecule has 3 aromatic carbocycles. The first-order valence-electron chi connectivity index (χ1n) is 12.0. The van der Waals surface area contributed by atoms with Gasteiger partial charge < -0.3 is 14.4 Å². The first kappa shape index (κ1) is 26.7. The molecule has 0 unspecified atom stereocenters. The lowest BCUT2D eigenvalue weighted by atomic mass is 9.89. The molecule has 2 heterocycles. The third-order valence-corrected chi connectivity index (χ3v) is 8.99. The lowest BCUT2D eigenvalue weighted by Gasteiger charge is -2.49. The van der Waals surface area contributed by atoms with Crippen molar-refractivity contribution in [3.05, 3.63) is 118 Å². The van der Waals surface area contributed by atoms with Crippen LogP contribution in [-0.2, 0) is 29.1 Å². The van der Waals surface area contributed by atoms with Gasteiger partial charge in [0.1, 0.15) is 11.9 Å². The summed E-state index contributed by atoms with van der Waals surface area (Å²) in [6, 6.07) is 19.0. The molecule has 0 N–H and O–H groups in total. The number of halogens is 1. The van der Waals surface area contributed by atoms with Crippen molar-refractivity contribution in [3.8, 4) is 0 Å². The zero-order valence-corrected chi connectivity index (χ0v) is 22.9. The van der Waals surface area contributed by atoms with Crippen molar-refractivity contribution in [1.82, 2.24) is 9.21 Å². The maximum Gasteiger partial charge on any atom is 0.355 e. The molecular formula is C29H25ClN2O6S. The molecular weight excluding hydrogens is 540 g/mol. The number of carbonyl (C=O) groups excluding carboxylic acids is 2. The van der Waals surface area contributed by atoms with E-state index in [1.165, 1.54) is 35.6 Å². The van der Waals surface area contributed by atoms with Gasteiger partial charge in [0.25, 0.3) is 0 Å². The van der Waals surface area contributed by atoms with Crippen LogP contribution in [0.15, 0.2) is 95.2 Å². The minimum absolute atomic E-state index is 0.0165. The minimum atomic E-state index is -4.33. The number of ether oxygens (including phenoxy) is 2. The number of benzene rings is 3. The molecule has 0 saturated carbocycles. The van der Waals surface area contributed by atoms with Crippen molar-refractivity contribution >= 4 is 39.6 Å². The lowest BCUT2D eigenvalue weighted by Crippen LogP contribution is -2.52. The topological polar surface area (TPSA) is 93.2 Å². The summed E-state index contributed by atoms with van der Waals surface area (Å²) in [5.41, 5.74) is 2.20. The van der Waals surface area contributed by atoms with E-state index in [1.807, 2.05) is 19.1 Å². The Morgan fingerprint density at radius 2 is 1.46 bits per heavy atom. The minimum Gasteiger partial charge on any atom is -0.466 e. The zero-order valence-electron chi connectivity index (χ0n) is 21.4. The van der Waals surface area contributed by atoms with Crippen molar-refractivity contribution in [2.45, 2.75) is 24.0 Å². The van der Waals surface area contributed by atoms with Crippen LogP contribution in [0.25, 0.3) is 6.08 Å². The molecule has 10 heteroatoms. The summed E-state index contributed by atoms with van der Waals surface area (Å²) in [5, 5.41) is 0.213. The molecule has 0 fully saturated rings. The maximum atomic E-state index is 14.6. The number of methoxy groups -OCH3 is 2. The number of nitrogens with zero attached hydrogens (tertiary/aromatic N) is 2. The largest absolute Gasteiger partial charge is 0.466 e. The lowest BCUT2D eigenvalue weighted by molar-refractivity contribution is -0.143. The fraction of sp³-hybridized carbons (Fsp3) is 0.172. The van der Waals surface area contributed by atoms with Crippen LogP contribution in [0.3, 0.4) is 0 Å². The summed E-state index contributed by atoms with van der Waals surface area (Å²) in [5.74, 6) is -1.72. The Morgan fingerprint density at radius 3 is 2.10 bits per heavy atom. The summed E-state index contributed by atoms with van der Waals surface area (Å²) in [6.07, 6.45) is 2.26. The average Bonchev–Trinajstić information content (AvgIpc) is 2.95. The number of hydrogen-bond acceptors (Lipinski definition) is 7. The van der Waals surface area contributed by atoms with Crippen molar-refractivity contribution < 1.29 is 27.5 Å². The normalized spacial score (nSPS) is 18.8. The highest BCUT2D eigenvalue weighted by Gasteiger charge is 2.53. The number of carbonyl (C=O) groups is 2. The number of aryl methyl sites for hydroxylation is 1. The van der Waals surface area contributed by atoms with Crippen LogP contribution >= 0.6 is 11.6 Å². The Labute approximate surface area is 231 Å². The van der Waals surface area contributed by atoms with E-state index >= 15 is 0 Å². The fourth-order valence-electron chi connectivity index (χ4n) is 5.01. The van der Waals surface area contributed by atoms with Gasteiger partial charge in [0.05, 0.1) is 30.7 Å². The van der Waals surface area contributed by atoms with E-state index in [-0.39, 0.29) is 21.2 Å². The van der Waals surface area contributed by atoms with Crippen LogP contribution in [0.5, 0.6) is 0 Å². The number of hydrogen-bond donors (Lipinski definition) is 0. The summed E-state index contributed by atoms with van der Waals surface area (Å²) < 4.78 is 40.6. The van der Waals surface area contributed by atoms with Crippen LogP contribution in [0.2, 0.25) is 5.02 Å². The summed E-state index contributed by atoms with van der Waals surface area (Å²) >= 11 is 6.65. The molecule has 0 amide bonds. The summed E-state index contributed by atoms with van der Waals surface area (Å²) in [6.45, 7) is 1.86. The summed E-state index contributed by atoms with van der Waals surface area (Å²) in [4.78, 5) is 28.2. The Kier molecular flexibility index (Phi) is 7.07. The SMILES string of the molecule is COC(=O)C1=C(C(=O)OC)N2C=Cc3ccccc3[C@@H]2N(S(=O)(=O)c2ccc(C)cc2)[C@H]1c1ccccc1Cl. The van der Waals surface area contributed by atoms with Gasteiger partial charge in [-0.05, 0) is 47.9 Å². The molecule has 0 spiro atoms. The van der Waals surface area contributed by atoms with Crippen molar-refractivity contribution in [1.29, 1.82) is 0 Å². The molecule has 2 aliphatic heterocycles. The number of esters is 2. The highest BCUT2D eigenvalue weighted by atomic mass is 35.5.